The highest BCUT2D eigenvalue weighted by Crippen LogP contribution is 2.28. The van der Waals surface area contributed by atoms with Gasteiger partial charge in [-0.3, -0.25) is 4.79 Å². The Kier molecular flexibility index (Phi) is 3.12. The molecule has 0 amide bonds. The van der Waals surface area contributed by atoms with Gasteiger partial charge < -0.3 is 10.3 Å². The third-order valence-electron chi connectivity index (χ3n) is 4.12. The van der Waals surface area contributed by atoms with Crippen molar-refractivity contribution in [2.45, 2.75) is 6.92 Å². The number of fused-ring (bicyclic) bond motifs is 2. The molecule has 0 aliphatic rings. The summed E-state index contributed by atoms with van der Waals surface area (Å²) in [6, 6.07) is 21.5. The zero-order valence-electron chi connectivity index (χ0n) is 12.8. The van der Waals surface area contributed by atoms with Gasteiger partial charge in [-0.2, -0.15) is 0 Å². The number of aromatic nitrogens is 1. The lowest BCUT2D eigenvalue weighted by atomic mass is 10.0. The lowest BCUT2D eigenvalue weighted by molar-refractivity contribution is 1.42. The van der Waals surface area contributed by atoms with Gasteiger partial charge in [-0.05, 0) is 42.8 Å². The van der Waals surface area contributed by atoms with E-state index in [2.05, 4.69) is 10.3 Å². The summed E-state index contributed by atoms with van der Waals surface area (Å²) in [5.41, 5.74) is 4.63. The molecule has 0 aliphatic heterocycles. The minimum atomic E-state index is 0.0523. The number of aryl methyl sites for hydroxylation is 1. The van der Waals surface area contributed by atoms with Gasteiger partial charge in [0, 0.05) is 16.6 Å². The number of pyridine rings is 1. The van der Waals surface area contributed by atoms with Crippen LogP contribution in [-0.2, 0) is 0 Å². The maximum absolute atomic E-state index is 13.0. The van der Waals surface area contributed by atoms with Crippen molar-refractivity contribution in [1.82, 2.24) is 4.98 Å². The molecule has 0 radical (unpaired) electrons. The smallest absolute Gasteiger partial charge is 0.199 e. The van der Waals surface area contributed by atoms with E-state index < -0.39 is 0 Å². The monoisotopic (exact) mass is 300 g/mol. The van der Waals surface area contributed by atoms with Crippen molar-refractivity contribution in [3.8, 4) is 0 Å². The molecule has 0 fully saturated rings. The number of hydrogen-bond acceptors (Lipinski definition) is 2. The first kappa shape index (κ1) is 13.6. The van der Waals surface area contributed by atoms with E-state index in [0.29, 0.717) is 10.8 Å². The Morgan fingerprint density at radius 2 is 1.57 bits per heavy atom. The minimum absolute atomic E-state index is 0.0523. The molecule has 0 bridgehead atoms. The number of anilines is 2. The van der Waals surface area contributed by atoms with Crippen molar-refractivity contribution < 1.29 is 0 Å². The molecule has 3 heteroatoms. The van der Waals surface area contributed by atoms with Gasteiger partial charge >= 0.3 is 0 Å². The normalized spacial score (nSPS) is 11.0. The molecule has 0 aliphatic carbocycles. The Hall–Kier alpha value is -3.07. The minimum Gasteiger partial charge on any atom is -0.355 e. The molecule has 1 heterocycles. The number of H-pyrrole nitrogens is 1. The number of nitrogens with one attached hydrogen (secondary N) is 2. The largest absolute Gasteiger partial charge is 0.355 e. The van der Waals surface area contributed by atoms with Crippen LogP contribution in [0.3, 0.4) is 0 Å². The van der Waals surface area contributed by atoms with Crippen LogP contribution in [0.5, 0.6) is 0 Å². The highest BCUT2D eigenvalue weighted by Gasteiger charge is 2.12. The summed E-state index contributed by atoms with van der Waals surface area (Å²) in [6.45, 7) is 2.01. The average molecular weight is 300 g/mol. The van der Waals surface area contributed by atoms with Crippen LogP contribution < -0.4 is 10.7 Å². The van der Waals surface area contributed by atoms with Crippen molar-refractivity contribution in [1.29, 1.82) is 0 Å². The Labute approximate surface area is 133 Å². The van der Waals surface area contributed by atoms with Gasteiger partial charge in [-0.1, -0.05) is 36.4 Å². The number of benzene rings is 3. The van der Waals surface area contributed by atoms with Crippen molar-refractivity contribution in [2.75, 3.05) is 5.32 Å². The first-order valence-electron chi connectivity index (χ1n) is 7.60. The molecule has 0 spiro atoms. The molecule has 23 heavy (non-hydrogen) atoms. The second-order valence-corrected chi connectivity index (χ2v) is 5.67. The fourth-order valence-electron chi connectivity index (χ4n) is 2.94. The van der Waals surface area contributed by atoms with Crippen LogP contribution >= 0.6 is 0 Å². The van der Waals surface area contributed by atoms with E-state index in [1.165, 1.54) is 0 Å². The molecule has 2 N–H and O–H groups in total. The van der Waals surface area contributed by atoms with E-state index in [-0.39, 0.29) is 5.43 Å². The van der Waals surface area contributed by atoms with Crippen LogP contribution in [0.25, 0.3) is 21.8 Å². The maximum atomic E-state index is 13.0. The summed E-state index contributed by atoms with van der Waals surface area (Å²) in [6.07, 6.45) is 0. The Morgan fingerprint density at radius 3 is 2.39 bits per heavy atom. The summed E-state index contributed by atoms with van der Waals surface area (Å²) in [4.78, 5) is 16.4. The standard InChI is InChI=1S/C20H16N2O/c1-13-11-12-17-18(19(13)21-14-7-3-2-4-8-14)20(23)15-9-5-6-10-16(15)22-17/h2-12,21H,1H3,(H,22,23). The number of hydrogen-bond donors (Lipinski definition) is 2. The van der Waals surface area contributed by atoms with E-state index in [1.807, 2.05) is 73.7 Å². The molecular weight excluding hydrogens is 284 g/mol. The van der Waals surface area contributed by atoms with Gasteiger partial charge in [0.15, 0.2) is 5.43 Å². The Balaban J connectivity index is 2.04. The van der Waals surface area contributed by atoms with Gasteiger partial charge in [0.2, 0.25) is 0 Å². The predicted molar refractivity (Wildman–Crippen MR) is 96.5 cm³/mol. The first-order valence-corrected chi connectivity index (χ1v) is 7.60. The molecule has 0 atom stereocenters. The van der Waals surface area contributed by atoms with Crippen LogP contribution in [0.2, 0.25) is 0 Å². The molecule has 3 aromatic carbocycles. The van der Waals surface area contributed by atoms with Crippen LogP contribution in [0.1, 0.15) is 5.56 Å². The summed E-state index contributed by atoms with van der Waals surface area (Å²) < 4.78 is 0. The van der Waals surface area contributed by atoms with Crippen LogP contribution in [-0.4, -0.2) is 4.98 Å². The Morgan fingerprint density at radius 1 is 0.826 bits per heavy atom. The summed E-state index contributed by atoms with van der Waals surface area (Å²) in [5, 5.41) is 4.81. The van der Waals surface area contributed by atoms with E-state index >= 15 is 0 Å². The van der Waals surface area contributed by atoms with E-state index in [1.54, 1.807) is 0 Å². The number of para-hydroxylation sites is 2. The highest BCUT2D eigenvalue weighted by molar-refractivity contribution is 6.01. The lowest BCUT2D eigenvalue weighted by Gasteiger charge is -2.13. The summed E-state index contributed by atoms with van der Waals surface area (Å²) in [5.74, 6) is 0. The third-order valence-corrected chi connectivity index (χ3v) is 4.12. The lowest BCUT2D eigenvalue weighted by Crippen LogP contribution is -2.08. The first-order chi connectivity index (χ1) is 11.2. The van der Waals surface area contributed by atoms with Crippen molar-refractivity contribution >= 4 is 33.2 Å². The summed E-state index contributed by atoms with van der Waals surface area (Å²) >= 11 is 0. The molecule has 0 saturated carbocycles. The molecular formula is C20H16N2O. The highest BCUT2D eigenvalue weighted by atomic mass is 16.1. The van der Waals surface area contributed by atoms with Gasteiger partial charge in [-0.15, -0.1) is 0 Å². The van der Waals surface area contributed by atoms with Gasteiger partial charge in [0.05, 0.1) is 16.6 Å². The zero-order chi connectivity index (χ0) is 15.8. The van der Waals surface area contributed by atoms with Gasteiger partial charge in [0.1, 0.15) is 0 Å². The zero-order valence-corrected chi connectivity index (χ0v) is 12.8. The van der Waals surface area contributed by atoms with E-state index in [4.69, 9.17) is 0 Å². The molecule has 1 aromatic heterocycles. The average Bonchev–Trinajstić information content (AvgIpc) is 2.59. The molecule has 4 aromatic rings. The van der Waals surface area contributed by atoms with Gasteiger partial charge in [0.25, 0.3) is 0 Å². The fourth-order valence-corrected chi connectivity index (χ4v) is 2.94. The maximum Gasteiger partial charge on any atom is 0.199 e. The van der Waals surface area contributed by atoms with Crippen molar-refractivity contribution in [3.63, 3.8) is 0 Å². The Bertz CT molecular complexity index is 1070. The fraction of sp³-hybridized carbons (Fsp3) is 0.0500. The molecule has 112 valence electrons. The number of aromatic amines is 1. The van der Waals surface area contributed by atoms with E-state index in [0.717, 1.165) is 28.0 Å². The topological polar surface area (TPSA) is 44.9 Å². The number of rotatable bonds is 2. The van der Waals surface area contributed by atoms with Crippen LogP contribution in [0.4, 0.5) is 11.4 Å². The molecule has 0 unspecified atom stereocenters. The predicted octanol–water partition coefficient (Wildman–Crippen LogP) is 4.73. The second-order valence-electron chi connectivity index (χ2n) is 5.67. The molecule has 0 saturated heterocycles. The van der Waals surface area contributed by atoms with Crippen molar-refractivity contribution in [3.05, 3.63) is 82.5 Å². The second kappa shape index (κ2) is 5.29. The van der Waals surface area contributed by atoms with Gasteiger partial charge in [-0.25, -0.2) is 0 Å². The van der Waals surface area contributed by atoms with Crippen molar-refractivity contribution in [2.24, 2.45) is 0 Å². The SMILES string of the molecule is Cc1ccc2[nH]c3ccccc3c(=O)c2c1Nc1ccccc1. The third kappa shape index (κ3) is 2.27. The molecule has 4 rings (SSSR count). The van der Waals surface area contributed by atoms with Crippen LogP contribution in [0.15, 0.2) is 71.5 Å². The quantitative estimate of drug-likeness (QED) is 0.525. The van der Waals surface area contributed by atoms with Crippen LogP contribution in [0, 0.1) is 6.92 Å². The summed E-state index contributed by atoms with van der Waals surface area (Å²) in [7, 11) is 0. The van der Waals surface area contributed by atoms with E-state index in [9.17, 15) is 4.79 Å². The molecule has 3 nitrogen and oxygen atoms in total.